The molecule has 0 spiro atoms. The Kier molecular flexibility index (Phi) is 2.03. The summed E-state index contributed by atoms with van der Waals surface area (Å²) in [7, 11) is 1.59. The van der Waals surface area contributed by atoms with Gasteiger partial charge in [0.25, 0.3) is 5.69 Å². The van der Waals surface area contributed by atoms with E-state index in [-0.39, 0.29) is 18.3 Å². The number of benzene rings is 1. The van der Waals surface area contributed by atoms with Gasteiger partial charge in [0.15, 0.2) is 0 Å². The van der Waals surface area contributed by atoms with Crippen LogP contribution in [0.3, 0.4) is 0 Å². The van der Waals surface area contributed by atoms with Crippen molar-refractivity contribution in [1.29, 1.82) is 0 Å². The van der Waals surface area contributed by atoms with Gasteiger partial charge in [-0.05, 0) is 6.07 Å². The third-order valence-corrected chi connectivity index (χ3v) is 2.33. The quantitative estimate of drug-likeness (QED) is 0.561. The molecule has 0 radical (unpaired) electrons. The molecule has 0 fully saturated rings. The molecule has 0 unspecified atom stereocenters. The van der Waals surface area contributed by atoms with E-state index in [1.807, 2.05) is 0 Å². The van der Waals surface area contributed by atoms with Gasteiger partial charge in [-0.3, -0.25) is 10.1 Å². The molecule has 0 aliphatic carbocycles. The first-order valence-electron chi connectivity index (χ1n) is 4.38. The highest BCUT2D eigenvalue weighted by atomic mass is 16.6. The Morgan fingerprint density at radius 1 is 1.53 bits per heavy atom. The fourth-order valence-electron chi connectivity index (χ4n) is 1.55. The average Bonchev–Trinajstić information content (AvgIpc) is 2.18. The van der Waals surface area contributed by atoms with Crippen LogP contribution in [0.15, 0.2) is 18.2 Å². The van der Waals surface area contributed by atoms with E-state index in [1.165, 1.54) is 11.0 Å². The molecular formula is C9H9N3O3. The summed E-state index contributed by atoms with van der Waals surface area (Å²) in [5.41, 5.74) is 1.11. The zero-order valence-electron chi connectivity index (χ0n) is 8.06. The van der Waals surface area contributed by atoms with E-state index in [2.05, 4.69) is 5.32 Å². The summed E-state index contributed by atoms with van der Waals surface area (Å²) in [5.74, 6) is 0. The van der Waals surface area contributed by atoms with Crippen molar-refractivity contribution in [1.82, 2.24) is 4.90 Å². The topological polar surface area (TPSA) is 75.5 Å². The zero-order valence-corrected chi connectivity index (χ0v) is 8.06. The number of nitrogens with zero attached hydrogens (tertiary/aromatic N) is 2. The molecule has 0 saturated heterocycles. The van der Waals surface area contributed by atoms with Gasteiger partial charge in [0.05, 0.1) is 22.7 Å². The molecule has 0 aromatic heterocycles. The van der Waals surface area contributed by atoms with Crippen LogP contribution < -0.4 is 5.32 Å². The third-order valence-electron chi connectivity index (χ3n) is 2.33. The van der Waals surface area contributed by atoms with Gasteiger partial charge in [-0.25, -0.2) is 4.79 Å². The second-order valence-corrected chi connectivity index (χ2v) is 3.35. The third kappa shape index (κ3) is 1.50. The van der Waals surface area contributed by atoms with Gasteiger partial charge in [-0.2, -0.15) is 0 Å². The highest BCUT2D eigenvalue weighted by Gasteiger charge is 2.25. The van der Waals surface area contributed by atoms with Crippen LogP contribution in [0.5, 0.6) is 0 Å². The van der Waals surface area contributed by atoms with Gasteiger partial charge >= 0.3 is 6.03 Å². The number of carbonyl (C=O) groups is 1. The second-order valence-electron chi connectivity index (χ2n) is 3.35. The second kappa shape index (κ2) is 3.23. The Morgan fingerprint density at radius 3 is 2.93 bits per heavy atom. The molecule has 1 aliphatic rings. The van der Waals surface area contributed by atoms with Crippen molar-refractivity contribution in [2.75, 3.05) is 12.4 Å². The molecule has 6 heteroatoms. The van der Waals surface area contributed by atoms with Crippen LogP contribution in [0.1, 0.15) is 5.56 Å². The highest BCUT2D eigenvalue weighted by Crippen LogP contribution is 2.30. The number of nitrogens with one attached hydrogen (secondary N) is 1. The van der Waals surface area contributed by atoms with Crippen molar-refractivity contribution in [3.63, 3.8) is 0 Å². The van der Waals surface area contributed by atoms with E-state index in [0.29, 0.717) is 11.3 Å². The normalized spacial score (nSPS) is 14.5. The van der Waals surface area contributed by atoms with Crippen molar-refractivity contribution in [3.05, 3.63) is 33.9 Å². The Morgan fingerprint density at radius 2 is 2.27 bits per heavy atom. The maximum absolute atomic E-state index is 11.3. The number of nitro groups is 1. The molecule has 0 atom stereocenters. The van der Waals surface area contributed by atoms with Gasteiger partial charge in [-0.15, -0.1) is 0 Å². The van der Waals surface area contributed by atoms with Crippen LogP contribution in [-0.4, -0.2) is 22.9 Å². The van der Waals surface area contributed by atoms with E-state index in [4.69, 9.17) is 0 Å². The lowest BCUT2D eigenvalue weighted by molar-refractivity contribution is -0.385. The minimum absolute atomic E-state index is 0.0411. The summed E-state index contributed by atoms with van der Waals surface area (Å²) >= 11 is 0. The van der Waals surface area contributed by atoms with Crippen molar-refractivity contribution < 1.29 is 9.72 Å². The molecule has 1 aromatic rings. The lowest BCUT2D eigenvalue weighted by atomic mass is 10.1. The summed E-state index contributed by atoms with van der Waals surface area (Å²) < 4.78 is 0. The molecule has 2 amide bonds. The number of hydrogen-bond donors (Lipinski definition) is 1. The standard InChI is InChI=1S/C9H9N3O3/c1-11-5-6-7(10-9(11)13)3-2-4-8(6)12(14)15/h2-4H,5H2,1H3,(H,10,13). The van der Waals surface area contributed by atoms with Crippen LogP contribution in [0, 0.1) is 10.1 Å². The molecule has 78 valence electrons. The summed E-state index contributed by atoms with van der Waals surface area (Å²) in [4.78, 5) is 23.0. The number of rotatable bonds is 1. The van der Waals surface area contributed by atoms with Crippen LogP contribution in [0.4, 0.5) is 16.2 Å². The Balaban J connectivity index is 2.52. The first-order valence-corrected chi connectivity index (χ1v) is 4.38. The fraction of sp³-hybridized carbons (Fsp3) is 0.222. The molecule has 1 heterocycles. The minimum atomic E-state index is -0.440. The maximum atomic E-state index is 11.3. The Hall–Kier alpha value is -2.11. The SMILES string of the molecule is CN1Cc2c(cccc2[N+](=O)[O-])NC1=O. The van der Waals surface area contributed by atoms with Crippen molar-refractivity contribution >= 4 is 17.4 Å². The van der Waals surface area contributed by atoms with Crippen molar-refractivity contribution in [3.8, 4) is 0 Å². The number of urea groups is 1. The molecule has 6 nitrogen and oxygen atoms in total. The highest BCUT2D eigenvalue weighted by molar-refractivity contribution is 5.93. The maximum Gasteiger partial charge on any atom is 0.321 e. The van der Waals surface area contributed by atoms with E-state index >= 15 is 0 Å². The molecule has 0 bridgehead atoms. The summed E-state index contributed by atoms with van der Waals surface area (Å²) in [6.45, 7) is 0.262. The number of nitro benzene ring substituents is 1. The van der Waals surface area contributed by atoms with Gasteiger partial charge in [-0.1, -0.05) is 6.07 Å². The molecule has 1 aliphatic heterocycles. The molecule has 1 aromatic carbocycles. The number of amides is 2. The van der Waals surface area contributed by atoms with Crippen molar-refractivity contribution in [2.24, 2.45) is 0 Å². The van der Waals surface area contributed by atoms with Crippen LogP contribution in [0.25, 0.3) is 0 Å². The average molecular weight is 207 g/mol. The van der Waals surface area contributed by atoms with Gasteiger partial charge in [0.1, 0.15) is 0 Å². The monoisotopic (exact) mass is 207 g/mol. The lowest BCUT2D eigenvalue weighted by Gasteiger charge is -2.25. The summed E-state index contributed by atoms with van der Waals surface area (Å²) in [5, 5.41) is 13.3. The largest absolute Gasteiger partial charge is 0.323 e. The van der Waals surface area contributed by atoms with Crippen molar-refractivity contribution in [2.45, 2.75) is 6.54 Å². The first kappa shape index (κ1) is 9.45. The Labute approximate surface area is 85.6 Å². The molecule has 1 N–H and O–H groups in total. The Bertz CT molecular complexity index is 444. The summed E-state index contributed by atoms with van der Waals surface area (Å²) in [6, 6.07) is 4.41. The number of carbonyl (C=O) groups excluding carboxylic acids is 1. The molecule has 0 saturated carbocycles. The first-order chi connectivity index (χ1) is 7.09. The van der Waals surface area contributed by atoms with E-state index in [1.54, 1.807) is 19.2 Å². The molecule has 15 heavy (non-hydrogen) atoms. The van der Waals surface area contributed by atoms with Crippen LogP contribution >= 0.6 is 0 Å². The van der Waals surface area contributed by atoms with E-state index in [9.17, 15) is 14.9 Å². The predicted octanol–water partition coefficient (Wildman–Crippen LogP) is 1.57. The van der Waals surface area contributed by atoms with E-state index in [0.717, 1.165) is 0 Å². The van der Waals surface area contributed by atoms with Gasteiger partial charge in [0, 0.05) is 13.1 Å². The lowest BCUT2D eigenvalue weighted by Crippen LogP contribution is -2.35. The number of anilines is 1. The van der Waals surface area contributed by atoms with Crippen LogP contribution in [0.2, 0.25) is 0 Å². The fourth-order valence-corrected chi connectivity index (χ4v) is 1.55. The predicted molar refractivity (Wildman–Crippen MR) is 53.6 cm³/mol. The number of hydrogen-bond acceptors (Lipinski definition) is 3. The smallest absolute Gasteiger partial charge is 0.321 e. The van der Waals surface area contributed by atoms with Gasteiger partial charge < -0.3 is 10.2 Å². The minimum Gasteiger partial charge on any atom is -0.323 e. The van der Waals surface area contributed by atoms with Crippen LogP contribution in [-0.2, 0) is 6.54 Å². The summed E-state index contributed by atoms with van der Waals surface area (Å²) in [6.07, 6.45) is 0. The van der Waals surface area contributed by atoms with Gasteiger partial charge in [0.2, 0.25) is 0 Å². The zero-order chi connectivity index (χ0) is 11.0. The number of fused-ring (bicyclic) bond motifs is 1. The molecule has 2 rings (SSSR count). The van der Waals surface area contributed by atoms with E-state index < -0.39 is 4.92 Å². The molecular weight excluding hydrogens is 198 g/mol.